The minimum Gasteiger partial charge on any atom is -0.444 e. The van der Waals surface area contributed by atoms with E-state index in [1.165, 1.54) is 0 Å². The van der Waals surface area contributed by atoms with E-state index < -0.39 is 22.9 Å². The van der Waals surface area contributed by atoms with Gasteiger partial charge in [-0.05, 0) is 27.7 Å². The number of aliphatic hydroxyl groups is 1. The third-order valence-corrected chi connectivity index (χ3v) is 2.40. The predicted molar refractivity (Wildman–Crippen MR) is 52.5 cm³/mol. The Morgan fingerprint density at radius 1 is 1.64 bits per heavy atom. The van der Waals surface area contributed by atoms with Gasteiger partial charge in [0.2, 0.25) is 0 Å². The van der Waals surface area contributed by atoms with Gasteiger partial charge >= 0.3 is 6.09 Å². The zero-order chi connectivity index (χ0) is 11.0. The maximum atomic E-state index is 11.2. The second-order valence-electron chi connectivity index (χ2n) is 4.17. The molecule has 2 N–H and O–H groups in total. The summed E-state index contributed by atoms with van der Waals surface area (Å²) in [6.45, 7) is 6.96. The van der Waals surface area contributed by atoms with Gasteiger partial charge in [0.15, 0.2) is 0 Å². The first-order valence-electron chi connectivity index (χ1n) is 4.32. The summed E-state index contributed by atoms with van der Waals surface area (Å²) >= 11 is 0.924. The van der Waals surface area contributed by atoms with Crippen LogP contribution in [0, 0.1) is 0 Å². The van der Waals surface area contributed by atoms with Crippen molar-refractivity contribution in [3.63, 3.8) is 0 Å². The number of hydrogen-bond donors (Lipinski definition) is 2. The molecule has 82 valence electrons. The van der Waals surface area contributed by atoms with Crippen molar-refractivity contribution in [3.05, 3.63) is 0 Å². The fourth-order valence-corrected chi connectivity index (χ4v) is 1.20. The van der Waals surface area contributed by atoms with E-state index in [1.807, 2.05) is 0 Å². The molecule has 0 aliphatic carbocycles. The molecule has 1 amide bonds. The number of rotatable bonds is 2. The molecule has 1 rings (SSSR count). The summed E-state index contributed by atoms with van der Waals surface area (Å²) in [5, 5.41) is 10.6. The quantitative estimate of drug-likeness (QED) is 0.542. The van der Waals surface area contributed by atoms with Crippen LogP contribution in [0.2, 0.25) is 0 Å². The second-order valence-corrected chi connectivity index (χ2v) is 5.08. The number of hydrogen-bond acceptors (Lipinski definition) is 5. The molecule has 2 atom stereocenters. The van der Waals surface area contributed by atoms with Gasteiger partial charge in [-0.2, -0.15) is 0 Å². The van der Waals surface area contributed by atoms with Crippen LogP contribution in [0.5, 0.6) is 0 Å². The fourth-order valence-electron chi connectivity index (χ4n) is 0.763. The van der Waals surface area contributed by atoms with E-state index in [-0.39, 0.29) is 0 Å². The van der Waals surface area contributed by atoms with Crippen molar-refractivity contribution in [2.45, 2.75) is 44.5 Å². The smallest absolute Gasteiger partial charge is 0.408 e. The zero-order valence-electron chi connectivity index (χ0n) is 8.66. The molecular weight excluding hydrogens is 206 g/mol. The van der Waals surface area contributed by atoms with E-state index in [0.717, 1.165) is 12.0 Å². The van der Waals surface area contributed by atoms with Crippen molar-refractivity contribution in [3.8, 4) is 0 Å². The second kappa shape index (κ2) is 3.60. The summed E-state index contributed by atoms with van der Waals surface area (Å²) in [7, 11) is 0. The Labute approximate surface area is 87.4 Å². The minimum atomic E-state index is -1.28. The van der Waals surface area contributed by atoms with Crippen LogP contribution in [-0.2, 0) is 8.92 Å². The Morgan fingerprint density at radius 2 is 2.14 bits per heavy atom. The molecule has 1 aliphatic heterocycles. The molecule has 14 heavy (non-hydrogen) atoms. The average Bonchev–Trinajstić information content (AvgIpc) is 2.64. The predicted octanol–water partition coefficient (Wildman–Crippen LogP) is 1.22. The highest BCUT2D eigenvalue weighted by Crippen LogP contribution is 2.47. The van der Waals surface area contributed by atoms with Gasteiger partial charge in [0.05, 0.1) is 18.1 Å². The normalized spacial score (nSPS) is 28.1. The Bertz CT molecular complexity index is 234. The Morgan fingerprint density at radius 3 is 2.50 bits per heavy atom. The SMILES string of the molecule is CC(NC(=O)OC(C)(C)C)C1(O)OS1. The van der Waals surface area contributed by atoms with E-state index in [2.05, 4.69) is 5.32 Å². The summed E-state index contributed by atoms with van der Waals surface area (Å²) in [5.41, 5.74) is -0.538. The topological polar surface area (TPSA) is 71.1 Å². The maximum absolute atomic E-state index is 11.2. The van der Waals surface area contributed by atoms with E-state index in [0.29, 0.717) is 0 Å². The van der Waals surface area contributed by atoms with E-state index in [4.69, 9.17) is 8.92 Å². The molecule has 0 aromatic carbocycles. The molecular formula is C8H15NO4S. The lowest BCUT2D eigenvalue weighted by molar-refractivity contribution is -0.00181. The molecule has 0 saturated carbocycles. The number of ether oxygens (including phenoxy) is 1. The zero-order valence-corrected chi connectivity index (χ0v) is 9.47. The van der Waals surface area contributed by atoms with Gasteiger partial charge in [-0.1, -0.05) is 0 Å². The Kier molecular flexibility index (Phi) is 2.99. The lowest BCUT2D eigenvalue weighted by Crippen LogP contribution is -2.44. The van der Waals surface area contributed by atoms with Crippen molar-refractivity contribution in [1.82, 2.24) is 5.32 Å². The summed E-state index contributed by atoms with van der Waals surface area (Å²) in [4.78, 5) is 11.2. The average molecular weight is 221 g/mol. The third-order valence-electron chi connectivity index (χ3n) is 1.53. The molecule has 0 radical (unpaired) electrons. The lowest BCUT2D eigenvalue weighted by Gasteiger charge is -2.22. The van der Waals surface area contributed by atoms with Crippen LogP contribution in [0.25, 0.3) is 0 Å². The highest BCUT2D eigenvalue weighted by molar-refractivity contribution is 8.01. The van der Waals surface area contributed by atoms with Crippen molar-refractivity contribution in [1.29, 1.82) is 0 Å². The van der Waals surface area contributed by atoms with Gasteiger partial charge in [-0.15, -0.1) is 0 Å². The first kappa shape index (κ1) is 11.6. The fraction of sp³-hybridized carbons (Fsp3) is 0.875. The summed E-state index contributed by atoms with van der Waals surface area (Å²) in [6, 6.07) is -0.498. The number of amides is 1. The van der Waals surface area contributed by atoms with Crippen LogP contribution in [-0.4, -0.2) is 28.0 Å². The summed E-state index contributed by atoms with van der Waals surface area (Å²) < 4.78 is 9.70. The highest BCUT2D eigenvalue weighted by Gasteiger charge is 2.52. The van der Waals surface area contributed by atoms with Crippen LogP contribution < -0.4 is 5.32 Å². The summed E-state index contributed by atoms with van der Waals surface area (Å²) in [5.74, 6) is 0. The number of alkyl carbamates (subject to hydrolysis) is 1. The van der Waals surface area contributed by atoms with Crippen molar-refractivity contribution >= 4 is 18.1 Å². The Hall–Kier alpha value is -0.460. The van der Waals surface area contributed by atoms with E-state index in [9.17, 15) is 9.90 Å². The molecule has 1 saturated heterocycles. The van der Waals surface area contributed by atoms with Gasteiger partial charge in [-0.3, -0.25) is 4.18 Å². The van der Waals surface area contributed by atoms with Gasteiger partial charge in [0, 0.05) is 0 Å². The molecule has 6 heteroatoms. The molecule has 0 spiro atoms. The van der Waals surface area contributed by atoms with Crippen LogP contribution in [0.4, 0.5) is 4.79 Å². The summed E-state index contributed by atoms with van der Waals surface area (Å²) in [6.07, 6.45) is -0.561. The monoisotopic (exact) mass is 221 g/mol. The van der Waals surface area contributed by atoms with Crippen LogP contribution in [0.1, 0.15) is 27.7 Å². The van der Waals surface area contributed by atoms with Gasteiger partial charge in [0.25, 0.3) is 5.12 Å². The van der Waals surface area contributed by atoms with E-state index in [1.54, 1.807) is 27.7 Å². The standard InChI is InChI=1S/C8H15NO4S/c1-5(8(11)13-14-8)9-6(10)12-7(2,3)4/h5,11H,1-4H3,(H,9,10). The van der Waals surface area contributed by atoms with Crippen LogP contribution in [0.15, 0.2) is 0 Å². The van der Waals surface area contributed by atoms with Crippen LogP contribution in [0.3, 0.4) is 0 Å². The molecule has 0 aromatic heterocycles. The lowest BCUT2D eigenvalue weighted by atomic mass is 10.2. The Balaban J connectivity index is 2.34. The molecule has 5 nitrogen and oxygen atoms in total. The van der Waals surface area contributed by atoms with Crippen molar-refractivity contribution < 1.29 is 18.8 Å². The molecule has 1 fully saturated rings. The first-order chi connectivity index (χ1) is 6.23. The first-order valence-corrected chi connectivity index (χ1v) is 5.06. The molecule has 2 unspecified atom stereocenters. The van der Waals surface area contributed by atoms with Gasteiger partial charge in [-0.25, -0.2) is 4.79 Å². The number of nitrogens with one attached hydrogen (secondary N) is 1. The van der Waals surface area contributed by atoms with Gasteiger partial charge in [0.1, 0.15) is 5.60 Å². The van der Waals surface area contributed by atoms with Crippen molar-refractivity contribution in [2.24, 2.45) is 0 Å². The molecule has 1 heterocycles. The van der Waals surface area contributed by atoms with Crippen molar-refractivity contribution in [2.75, 3.05) is 0 Å². The number of carbonyl (C=O) groups is 1. The van der Waals surface area contributed by atoms with E-state index >= 15 is 0 Å². The van der Waals surface area contributed by atoms with Crippen LogP contribution >= 0.6 is 12.0 Å². The number of carbonyl (C=O) groups excluding carboxylic acids is 1. The highest BCUT2D eigenvalue weighted by atomic mass is 32.2. The maximum Gasteiger partial charge on any atom is 0.408 e. The minimum absolute atomic E-state index is 0.498. The van der Waals surface area contributed by atoms with Gasteiger partial charge < -0.3 is 15.2 Å². The molecule has 0 aromatic rings. The largest absolute Gasteiger partial charge is 0.444 e. The molecule has 1 aliphatic rings. The third kappa shape index (κ3) is 3.36. The molecule has 0 bridgehead atoms.